The van der Waals surface area contributed by atoms with E-state index < -0.39 is 5.91 Å². The van der Waals surface area contributed by atoms with E-state index in [-0.39, 0.29) is 29.9 Å². The number of primary amides is 1. The monoisotopic (exact) mass is 338 g/mol. The van der Waals surface area contributed by atoms with Crippen molar-refractivity contribution < 1.29 is 14.3 Å². The summed E-state index contributed by atoms with van der Waals surface area (Å²) in [6.07, 6.45) is 3.32. The quantitative estimate of drug-likeness (QED) is 0.866. The number of halogens is 1. The molecule has 0 spiro atoms. The largest absolute Gasteiger partial charge is 0.483 e. The molecule has 0 unspecified atom stereocenters. The molecule has 0 bridgehead atoms. The Bertz CT molecular complexity index is 591. The minimum atomic E-state index is -0.641. The molecule has 23 heavy (non-hydrogen) atoms. The third kappa shape index (κ3) is 4.61. The summed E-state index contributed by atoms with van der Waals surface area (Å²) in [4.78, 5) is 23.5. The lowest BCUT2D eigenvalue weighted by Crippen LogP contribution is -2.45. The molecule has 5 nitrogen and oxygen atoms in total. The highest BCUT2D eigenvalue weighted by atomic mass is 35.5. The van der Waals surface area contributed by atoms with Crippen molar-refractivity contribution in [3.63, 3.8) is 0 Å². The number of carbonyl (C=O) groups is 2. The van der Waals surface area contributed by atoms with Gasteiger partial charge in [0, 0.05) is 11.1 Å². The van der Waals surface area contributed by atoms with Gasteiger partial charge in [-0.05, 0) is 36.5 Å². The lowest BCUT2D eigenvalue weighted by Gasteiger charge is -2.34. The van der Waals surface area contributed by atoms with E-state index in [0.29, 0.717) is 16.9 Å². The molecule has 1 aromatic rings. The maximum atomic E-state index is 12.1. The zero-order valence-electron chi connectivity index (χ0n) is 13.5. The van der Waals surface area contributed by atoms with Gasteiger partial charge < -0.3 is 15.8 Å². The van der Waals surface area contributed by atoms with Crippen LogP contribution in [0.25, 0.3) is 0 Å². The number of ether oxygens (including phenoxy) is 1. The van der Waals surface area contributed by atoms with Gasteiger partial charge in [0.25, 0.3) is 11.8 Å². The Morgan fingerprint density at radius 2 is 2.09 bits per heavy atom. The van der Waals surface area contributed by atoms with Crippen LogP contribution in [0.4, 0.5) is 0 Å². The van der Waals surface area contributed by atoms with Gasteiger partial charge in [0.15, 0.2) is 6.61 Å². The zero-order chi connectivity index (χ0) is 17.0. The Kier molecular flexibility index (Phi) is 5.88. The second-order valence-electron chi connectivity index (χ2n) is 6.23. The molecule has 3 atom stereocenters. The molecule has 0 aliphatic heterocycles. The van der Waals surface area contributed by atoms with Gasteiger partial charge in [-0.25, -0.2) is 0 Å². The van der Waals surface area contributed by atoms with Gasteiger partial charge in [-0.15, -0.1) is 0 Å². The van der Waals surface area contributed by atoms with Crippen LogP contribution in [0.3, 0.4) is 0 Å². The summed E-state index contributed by atoms with van der Waals surface area (Å²) in [6.45, 7) is 4.23. The fourth-order valence-electron chi connectivity index (χ4n) is 3.00. The molecule has 1 aromatic carbocycles. The molecule has 1 saturated carbocycles. The Labute approximate surface area is 141 Å². The molecule has 6 heteroatoms. The Morgan fingerprint density at radius 1 is 1.35 bits per heavy atom. The fourth-order valence-corrected chi connectivity index (χ4v) is 3.17. The minimum absolute atomic E-state index is 0.153. The molecule has 1 aliphatic rings. The average molecular weight is 339 g/mol. The Balaban J connectivity index is 1.93. The third-order valence-corrected chi connectivity index (χ3v) is 4.85. The third-order valence-electron chi connectivity index (χ3n) is 4.62. The standard InChI is InChI=1S/C17H23ClN2O3/c1-10-4-3-5-14(11(10)2)20-16(21)9-23-15-7-6-12(18)8-13(15)17(19)22/h6-8,10-11,14H,3-5,9H2,1-2H3,(H2,19,22)(H,20,21)/t10-,11+,14-/m0/s1. The van der Waals surface area contributed by atoms with E-state index in [2.05, 4.69) is 19.2 Å². The van der Waals surface area contributed by atoms with E-state index in [0.717, 1.165) is 12.8 Å². The number of carbonyl (C=O) groups excluding carboxylic acids is 2. The first-order chi connectivity index (χ1) is 10.9. The van der Waals surface area contributed by atoms with Crippen LogP contribution < -0.4 is 15.8 Å². The van der Waals surface area contributed by atoms with Crippen LogP contribution in [0, 0.1) is 11.8 Å². The van der Waals surface area contributed by atoms with Gasteiger partial charge in [0.05, 0.1) is 5.56 Å². The van der Waals surface area contributed by atoms with Crippen molar-refractivity contribution in [2.75, 3.05) is 6.61 Å². The van der Waals surface area contributed by atoms with Gasteiger partial charge in [-0.2, -0.15) is 0 Å². The summed E-state index contributed by atoms with van der Waals surface area (Å²) < 4.78 is 5.45. The molecule has 126 valence electrons. The van der Waals surface area contributed by atoms with Crippen LogP contribution >= 0.6 is 11.6 Å². The van der Waals surface area contributed by atoms with Crippen LogP contribution in [0.1, 0.15) is 43.5 Å². The first kappa shape index (κ1) is 17.6. The number of benzene rings is 1. The van der Waals surface area contributed by atoms with E-state index in [1.54, 1.807) is 12.1 Å². The van der Waals surface area contributed by atoms with Crippen molar-refractivity contribution in [1.82, 2.24) is 5.32 Å². The predicted molar refractivity (Wildman–Crippen MR) is 89.6 cm³/mol. The van der Waals surface area contributed by atoms with Crippen molar-refractivity contribution in [3.8, 4) is 5.75 Å². The highest BCUT2D eigenvalue weighted by Gasteiger charge is 2.28. The first-order valence-corrected chi connectivity index (χ1v) is 8.27. The second kappa shape index (κ2) is 7.68. The molecule has 0 radical (unpaired) electrons. The van der Waals surface area contributed by atoms with Gasteiger partial charge in [-0.3, -0.25) is 9.59 Å². The summed E-state index contributed by atoms with van der Waals surface area (Å²) in [7, 11) is 0. The van der Waals surface area contributed by atoms with Crippen molar-refractivity contribution in [2.45, 2.75) is 39.2 Å². The number of rotatable bonds is 5. The maximum Gasteiger partial charge on any atom is 0.258 e. The minimum Gasteiger partial charge on any atom is -0.483 e. The number of hydrogen-bond acceptors (Lipinski definition) is 3. The van der Waals surface area contributed by atoms with Gasteiger partial charge in [-0.1, -0.05) is 38.3 Å². The zero-order valence-corrected chi connectivity index (χ0v) is 14.2. The lowest BCUT2D eigenvalue weighted by molar-refractivity contribution is -0.124. The van der Waals surface area contributed by atoms with Crippen molar-refractivity contribution in [1.29, 1.82) is 0 Å². The molecule has 2 rings (SSSR count). The summed E-state index contributed by atoms with van der Waals surface area (Å²) in [5, 5.41) is 3.41. The molecule has 3 N–H and O–H groups in total. The molecule has 0 aromatic heterocycles. The smallest absolute Gasteiger partial charge is 0.258 e. The number of hydrogen-bond donors (Lipinski definition) is 2. The topological polar surface area (TPSA) is 81.4 Å². The molecule has 2 amide bonds. The van der Waals surface area contributed by atoms with Crippen molar-refractivity contribution >= 4 is 23.4 Å². The molecular weight excluding hydrogens is 316 g/mol. The van der Waals surface area contributed by atoms with Crippen LogP contribution in [0.15, 0.2) is 18.2 Å². The predicted octanol–water partition coefficient (Wildman–Crippen LogP) is 2.76. The van der Waals surface area contributed by atoms with Crippen molar-refractivity contribution in [3.05, 3.63) is 28.8 Å². The second-order valence-corrected chi connectivity index (χ2v) is 6.67. The van der Waals surface area contributed by atoms with Crippen molar-refractivity contribution in [2.24, 2.45) is 17.6 Å². The maximum absolute atomic E-state index is 12.1. The number of amides is 2. The fraction of sp³-hybridized carbons (Fsp3) is 0.529. The van der Waals surface area contributed by atoms with Gasteiger partial charge in [0.2, 0.25) is 0 Å². The Hall–Kier alpha value is -1.75. The highest BCUT2D eigenvalue weighted by molar-refractivity contribution is 6.31. The van der Waals surface area contributed by atoms with E-state index in [1.165, 1.54) is 12.5 Å². The SMILES string of the molecule is C[C@H]1[C@@H](NC(=O)COc2ccc(Cl)cc2C(N)=O)CCC[C@@H]1C. The normalized spacial score (nSPS) is 24.0. The average Bonchev–Trinajstić information content (AvgIpc) is 2.50. The first-order valence-electron chi connectivity index (χ1n) is 7.90. The van der Waals surface area contributed by atoms with E-state index in [9.17, 15) is 9.59 Å². The van der Waals surface area contributed by atoms with Crippen LogP contribution in [-0.2, 0) is 4.79 Å². The molecule has 1 fully saturated rings. The van der Waals surface area contributed by atoms with E-state index >= 15 is 0 Å². The Morgan fingerprint density at radius 3 is 2.78 bits per heavy atom. The number of nitrogens with two attached hydrogens (primary N) is 1. The van der Waals surface area contributed by atoms with E-state index in [4.69, 9.17) is 22.1 Å². The molecule has 0 heterocycles. The molecule has 0 saturated heterocycles. The van der Waals surface area contributed by atoms with Crippen LogP contribution in [0.5, 0.6) is 5.75 Å². The summed E-state index contributed by atoms with van der Waals surface area (Å²) in [6, 6.07) is 4.74. The molecular formula is C17H23ClN2O3. The van der Waals surface area contributed by atoms with Crippen LogP contribution in [-0.4, -0.2) is 24.5 Å². The van der Waals surface area contributed by atoms with Gasteiger partial charge in [0.1, 0.15) is 5.75 Å². The highest BCUT2D eigenvalue weighted by Crippen LogP contribution is 2.29. The van der Waals surface area contributed by atoms with Crippen LogP contribution in [0.2, 0.25) is 5.02 Å². The summed E-state index contributed by atoms with van der Waals surface area (Å²) in [5.41, 5.74) is 5.47. The summed E-state index contributed by atoms with van der Waals surface area (Å²) in [5.74, 6) is 0.484. The van der Waals surface area contributed by atoms with Gasteiger partial charge >= 0.3 is 0 Å². The summed E-state index contributed by atoms with van der Waals surface area (Å²) >= 11 is 5.84. The van der Waals surface area contributed by atoms with E-state index in [1.807, 2.05) is 0 Å². The molecule has 1 aliphatic carbocycles. The lowest BCUT2D eigenvalue weighted by atomic mass is 9.78. The number of nitrogens with one attached hydrogen (secondary N) is 1.